The Kier molecular flexibility index (Phi) is 4.10. The Bertz CT molecular complexity index is 339. The van der Waals surface area contributed by atoms with Crippen molar-refractivity contribution in [3.05, 3.63) is 23.8 Å². The van der Waals surface area contributed by atoms with Crippen molar-refractivity contribution < 1.29 is 8.95 Å². The van der Waals surface area contributed by atoms with Gasteiger partial charge in [-0.2, -0.15) is 0 Å². The summed E-state index contributed by atoms with van der Waals surface area (Å²) < 4.78 is 16.8. The van der Waals surface area contributed by atoms with E-state index in [1.54, 1.807) is 12.1 Å². The zero-order valence-corrected chi connectivity index (χ0v) is 9.26. The number of anilines is 1. The summed E-state index contributed by atoms with van der Waals surface area (Å²) in [5.41, 5.74) is 7.24. The number of nitrogen functional groups attached to an aromatic ring is 1. The zero-order valence-electron chi connectivity index (χ0n) is 8.45. The first-order valence-electron chi connectivity index (χ1n) is 4.47. The van der Waals surface area contributed by atoms with Crippen LogP contribution < -0.4 is 5.73 Å². The Morgan fingerprint density at radius 2 is 2.21 bits per heavy atom. The minimum absolute atomic E-state index is 0.237. The van der Waals surface area contributed by atoms with Crippen molar-refractivity contribution in [2.75, 3.05) is 18.3 Å². The minimum atomic E-state index is -1.11. The van der Waals surface area contributed by atoms with Gasteiger partial charge in [0, 0.05) is 17.2 Å². The number of nitrogens with two attached hydrogens (primary N) is 1. The highest BCUT2D eigenvalue weighted by Crippen LogP contribution is 2.16. The lowest BCUT2D eigenvalue weighted by atomic mass is 10.2. The van der Waals surface area contributed by atoms with Gasteiger partial charge < -0.3 is 10.5 Å². The van der Waals surface area contributed by atoms with Crippen LogP contribution in [0.1, 0.15) is 12.5 Å². The van der Waals surface area contributed by atoms with Crippen molar-refractivity contribution in [2.45, 2.75) is 18.7 Å². The van der Waals surface area contributed by atoms with Crippen LogP contribution in [0.15, 0.2) is 23.1 Å². The molecular weight excluding hydrogens is 198 g/mol. The standard InChI is InChI=1S/C10H15NO2S/c1-3-13-7-14(12)10-6-9(11)5-4-8(10)2/h4-6H,3,7,11H2,1-2H3. The number of hydrogen-bond donors (Lipinski definition) is 1. The van der Waals surface area contributed by atoms with Gasteiger partial charge in [0.05, 0.1) is 10.8 Å². The summed E-state index contributed by atoms with van der Waals surface area (Å²) >= 11 is 0. The van der Waals surface area contributed by atoms with Crippen molar-refractivity contribution in [3.63, 3.8) is 0 Å². The highest BCUT2D eigenvalue weighted by molar-refractivity contribution is 7.84. The summed E-state index contributed by atoms with van der Waals surface area (Å²) in [5.74, 6) is 0.237. The maximum absolute atomic E-state index is 11.7. The lowest BCUT2D eigenvalue weighted by molar-refractivity contribution is 0.196. The van der Waals surface area contributed by atoms with Gasteiger partial charge in [-0.05, 0) is 31.5 Å². The zero-order chi connectivity index (χ0) is 10.6. The molecule has 0 amide bonds. The van der Waals surface area contributed by atoms with Gasteiger partial charge in [-0.25, -0.2) is 0 Å². The lowest BCUT2D eigenvalue weighted by Gasteiger charge is -2.06. The quantitative estimate of drug-likeness (QED) is 0.774. The molecule has 0 saturated carbocycles. The molecule has 0 spiro atoms. The smallest absolute Gasteiger partial charge is 0.126 e. The molecule has 0 aliphatic rings. The van der Waals surface area contributed by atoms with E-state index < -0.39 is 10.8 Å². The van der Waals surface area contributed by atoms with Gasteiger partial charge in [0.1, 0.15) is 5.94 Å². The second-order valence-electron chi connectivity index (χ2n) is 2.98. The maximum atomic E-state index is 11.7. The van der Waals surface area contributed by atoms with Gasteiger partial charge in [0.25, 0.3) is 0 Å². The predicted molar refractivity (Wildman–Crippen MR) is 58.5 cm³/mol. The second kappa shape index (κ2) is 5.12. The molecule has 2 N–H and O–H groups in total. The molecular formula is C10H15NO2S. The van der Waals surface area contributed by atoms with Crippen LogP contribution in [0.5, 0.6) is 0 Å². The second-order valence-corrected chi connectivity index (χ2v) is 4.35. The number of rotatable bonds is 4. The van der Waals surface area contributed by atoms with Crippen LogP contribution in [0.3, 0.4) is 0 Å². The highest BCUT2D eigenvalue weighted by atomic mass is 32.2. The summed E-state index contributed by atoms with van der Waals surface area (Å²) in [4.78, 5) is 0.762. The third-order valence-electron chi connectivity index (χ3n) is 1.85. The molecule has 0 saturated heterocycles. The van der Waals surface area contributed by atoms with E-state index in [1.165, 1.54) is 0 Å². The van der Waals surface area contributed by atoms with E-state index in [-0.39, 0.29) is 5.94 Å². The van der Waals surface area contributed by atoms with Crippen molar-refractivity contribution in [3.8, 4) is 0 Å². The molecule has 78 valence electrons. The fraction of sp³-hybridized carbons (Fsp3) is 0.400. The molecule has 1 aromatic rings. The van der Waals surface area contributed by atoms with Crippen LogP contribution in [-0.2, 0) is 15.5 Å². The molecule has 0 radical (unpaired) electrons. The Hall–Kier alpha value is -0.870. The molecule has 0 fully saturated rings. The van der Waals surface area contributed by atoms with Crippen LogP contribution in [0.25, 0.3) is 0 Å². The topological polar surface area (TPSA) is 52.3 Å². The van der Waals surface area contributed by atoms with Gasteiger partial charge >= 0.3 is 0 Å². The fourth-order valence-corrected chi connectivity index (χ4v) is 2.22. The molecule has 1 rings (SSSR count). The normalized spacial score (nSPS) is 12.7. The highest BCUT2D eigenvalue weighted by Gasteiger charge is 2.07. The van der Waals surface area contributed by atoms with Gasteiger partial charge in [-0.1, -0.05) is 6.07 Å². The Balaban J connectivity index is 2.83. The molecule has 1 unspecified atom stereocenters. The summed E-state index contributed by atoms with van der Waals surface area (Å²) in [6.07, 6.45) is 0. The monoisotopic (exact) mass is 213 g/mol. The van der Waals surface area contributed by atoms with E-state index in [0.717, 1.165) is 10.5 Å². The Morgan fingerprint density at radius 3 is 2.86 bits per heavy atom. The first-order valence-corrected chi connectivity index (χ1v) is 5.79. The molecule has 0 heterocycles. The molecule has 1 atom stereocenters. The molecule has 4 heteroatoms. The number of benzene rings is 1. The first-order chi connectivity index (χ1) is 6.65. The van der Waals surface area contributed by atoms with Gasteiger partial charge in [0.15, 0.2) is 0 Å². The maximum Gasteiger partial charge on any atom is 0.126 e. The number of ether oxygens (including phenoxy) is 1. The first kappa shape index (κ1) is 11.2. The van der Waals surface area contributed by atoms with E-state index in [4.69, 9.17) is 10.5 Å². The summed E-state index contributed by atoms with van der Waals surface area (Å²) in [5, 5.41) is 0. The fourth-order valence-electron chi connectivity index (χ4n) is 1.08. The van der Waals surface area contributed by atoms with Crippen LogP contribution in [0.2, 0.25) is 0 Å². The van der Waals surface area contributed by atoms with E-state index in [0.29, 0.717) is 12.3 Å². The third kappa shape index (κ3) is 2.82. The summed E-state index contributed by atoms with van der Waals surface area (Å²) in [6.45, 7) is 4.37. The van der Waals surface area contributed by atoms with Crippen LogP contribution in [0, 0.1) is 6.92 Å². The van der Waals surface area contributed by atoms with Gasteiger partial charge in [-0.15, -0.1) is 0 Å². The van der Waals surface area contributed by atoms with Crippen LogP contribution >= 0.6 is 0 Å². The lowest BCUT2D eigenvalue weighted by Crippen LogP contribution is -2.04. The van der Waals surface area contributed by atoms with E-state index >= 15 is 0 Å². The molecule has 0 aliphatic heterocycles. The average molecular weight is 213 g/mol. The summed E-state index contributed by atoms with van der Waals surface area (Å²) in [6, 6.07) is 5.41. The number of hydrogen-bond acceptors (Lipinski definition) is 3. The minimum Gasteiger partial charge on any atom is -0.399 e. The van der Waals surface area contributed by atoms with Crippen molar-refractivity contribution >= 4 is 16.5 Å². The molecule has 0 aliphatic carbocycles. The van der Waals surface area contributed by atoms with Crippen molar-refractivity contribution in [1.29, 1.82) is 0 Å². The van der Waals surface area contributed by atoms with Crippen molar-refractivity contribution in [1.82, 2.24) is 0 Å². The largest absolute Gasteiger partial charge is 0.399 e. The Morgan fingerprint density at radius 1 is 1.50 bits per heavy atom. The van der Waals surface area contributed by atoms with Gasteiger partial charge in [-0.3, -0.25) is 4.21 Å². The summed E-state index contributed by atoms with van der Waals surface area (Å²) in [7, 11) is -1.11. The number of aryl methyl sites for hydroxylation is 1. The van der Waals surface area contributed by atoms with E-state index in [1.807, 2.05) is 19.9 Å². The molecule has 14 heavy (non-hydrogen) atoms. The predicted octanol–water partition coefficient (Wildman–Crippen LogP) is 1.68. The Labute approximate surface area is 86.7 Å². The SMILES string of the molecule is CCOCS(=O)c1cc(N)ccc1C. The molecule has 0 bridgehead atoms. The average Bonchev–Trinajstić information content (AvgIpc) is 2.18. The molecule has 1 aromatic carbocycles. The van der Waals surface area contributed by atoms with Crippen LogP contribution in [0.4, 0.5) is 5.69 Å². The molecule has 3 nitrogen and oxygen atoms in total. The van der Waals surface area contributed by atoms with E-state index in [9.17, 15) is 4.21 Å². The molecule has 0 aromatic heterocycles. The van der Waals surface area contributed by atoms with Gasteiger partial charge in [0.2, 0.25) is 0 Å². The van der Waals surface area contributed by atoms with E-state index in [2.05, 4.69) is 0 Å². The van der Waals surface area contributed by atoms with Crippen molar-refractivity contribution in [2.24, 2.45) is 0 Å². The third-order valence-corrected chi connectivity index (χ3v) is 3.16. The van der Waals surface area contributed by atoms with Crippen LogP contribution in [-0.4, -0.2) is 16.8 Å².